The molecule has 0 bridgehead atoms. The van der Waals surface area contributed by atoms with Crippen LogP contribution in [-0.2, 0) is 24.8 Å². The molecule has 0 saturated carbocycles. The fourth-order valence-corrected chi connectivity index (χ4v) is 1.87. The van der Waals surface area contributed by atoms with Gasteiger partial charge in [-0.3, -0.25) is 0 Å². The zero-order chi connectivity index (χ0) is 12.0. The summed E-state index contributed by atoms with van der Waals surface area (Å²) in [7, 11) is 1.95. The summed E-state index contributed by atoms with van der Waals surface area (Å²) in [6, 6.07) is 0. The van der Waals surface area contributed by atoms with Crippen molar-refractivity contribution in [3.63, 3.8) is 0 Å². The Hall–Kier alpha value is -1.32. The zero-order valence-corrected chi connectivity index (χ0v) is 10.1. The first-order valence-electron chi connectivity index (χ1n) is 5.88. The number of carboxylic acid groups (broad SMARTS) is 1. The first-order valence-corrected chi connectivity index (χ1v) is 5.88. The van der Waals surface area contributed by atoms with Gasteiger partial charge in [0, 0.05) is 6.42 Å². The van der Waals surface area contributed by atoms with Gasteiger partial charge in [-0.2, -0.15) is 0 Å². The van der Waals surface area contributed by atoms with Crippen LogP contribution in [0.25, 0.3) is 0 Å². The van der Waals surface area contributed by atoms with Gasteiger partial charge >= 0.3 is 0 Å². The molecule has 0 aliphatic carbocycles. The summed E-state index contributed by atoms with van der Waals surface area (Å²) < 4.78 is 3.73. The molecule has 0 aliphatic rings. The summed E-state index contributed by atoms with van der Waals surface area (Å²) in [6.45, 7) is 2.13. The SMILES string of the molecule is CCCCCCc1n(CC(=O)[O-])cc[n+]1C. The normalized spacial score (nSPS) is 10.6. The molecule has 0 atom stereocenters. The highest BCUT2D eigenvalue weighted by Crippen LogP contribution is 2.05. The number of aromatic nitrogens is 2. The smallest absolute Gasteiger partial charge is 0.256 e. The lowest BCUT2D eigenvalue weighted by Gasteiger charge is -2.03. The van der Waals surface area contributed by atoms with Gasteiger partial charge in [0.05, 0.1) is 13.0 Å². The van der Waals surface area contributed by atoms with E-state index in [9.17, 15) is 9.90 Å². The molecule has 0 saturated heterocycles. The van der Waals surface area contributed by atoms with Crippen molar-refractivity contribution < 1.29 is 14.5 Å². The summed E-state index contributed by atoms with van der Waals surface area (Å²) in [5, 5.41) is 10.6. The van der Waals surface area contributed by atoms with Crippen LogP contribution >= 0.6 is 0 Å². The van der Waals surface area contributed by atoms with Gasteiger partial charge in [-0.25, -0.2) is 9.13 Å². The van der Waals surface area contributed by atoms with E-state index in [-0.39, 0.29) is 6.54 Å². The molecular weight excluding hydrogens is 204 g/mol. The molecular formula is C12H20N2O2. The Balaban J connectivity index is 2.55. The minimum absolute atomic E-state index is 0.0516. The molecule has 0 N–H and O–H groups in total. The third-order valence-electron chi connectivity index (χ3n) is 2.76. The number of aliphatic carboxylic acids is 1. The highest BCUT2D eigenvalue weighted by molar-refractivity contribution is 5.64. The van der Waals surface area contributed by atoms with Crippen molar-refractivity contribution in [1.82, 2.24) is 4.57 Å². The Labute approximate surface area is 96.5 Å². The van der Waals surface area contributed by atoms with Crippen LogP contribution in [0.15, 0.2) is 12.4 Å². The second-order valence-corrected chi connectivity index (χ2v) is 4.14. The van der Waals surface area contributed by atoms with Gasteiger partial charge in [0.1, 0.15) is 18.9 Å². The van der Waals surface area contributed by atoms with Crippen LogP contribution in [0.1, 0.15) is 38.4 Å². The Bertz CT molecular complexity index is 345. The summed E-state index contributed by atoms with van der Waals surface area (Å²) in [5.74, 6) is 0.0197. The lowest BCUT2D eigenvalue weighted by atomic mass is 10.1. The molecule has 4 heteroatoms. The molecule has 0 spiro atoms. The molecule has 0 aliphatic heterocycles. The molecule has 1 aromatic rings. The third-order valence-corrected chi connectivity index (χ3v) is 2.76. The molecule has 1 aromatic heterocycles. The maximum absolute atomic E-state index is 10.6. The molecule has 1 heterocycles. The highest BCUT2D eigenvalue weighted by atomic mass is 16.4. The second-order valence-electron chi connectivity index (χ2n) is 4.14. The summed E-state index contributed by atoms with van der Waals surface area (Å²) >= 11 is 0. The van der Waals surface area contributed by atoms with Crippen molar-refractivity contribution in [2.24, 2.45) is 7.05 Å². The van der Waals surface area contributed by atoms with E-state index in [2.05, 4.69) is 6.92 Å². The van der Waals surface area contributed by atoms with Crippen LogP contribution in [0.2, 0.25) is 0 Å². The van der Waals surface area contributed by atoms with E-state index in [1.54, 1.807) is 10.8 Å². The minimum atomic E-state index is -1.04. The van der Waals surface area contributed by atoms with E-state index in [0.717, 1.165) is 18.7 Å². The van der Waals surface area contributed by atoms with E-state index in [1.807, 2.05) is 17.8 Å². The number of rotatable bonds is 7. The van der Waals surface area contributed by atoms with Gasteiger partial charge < -0.3 is 9.90 Å². The average molecular weight is 224 g/mol. The molecule has 16 heavy (non-hydrogen) atoms. The predicted molar refractivity (Wildman–Crippen MR) is 58.5 cm³/mol. The molecule has 1 rings (SSSR count). The first kappa shape index (κ1) is 12.7. The summed E-state index contributed by atoms with van der Waals surface area (Å²) in [4.78, 5) is 10.6. The average Bonchev–Trinajstić information content (AvgIpc) is 2.55. The van der Waals surface area contributed by atoms with Crippen molar-refractivity contribution in [3.05, 3.63) is 18.2 Å². The van der Waals surface area contributed by atoms with Crippen LogP contribution in [-0.4, -0.2) is 10.5 Å². The van der Waals surface area contributed by atoms with Gasteiger partial charge in [0.15, 0.2) is 0 Å². The number of unbranched alkanes of at least 4 members (excludes halogenated alkanes) is 3. The van der Waals surface area contributed by atoms with Crippen LogP contribution in [0.5, 0.6) is 0 Å². The third kappa shape index (κ3) is 3.68. The predicted octanol–water partition coefficient (Wildman–Crippen LogP) is 0.185. The highest BCUT2D eigenvalue weighted by Gasteiger charge is 2.13. The topological polar surface area (TPSA) is 48.9 Å². The van der Waals surface area contributed by atoms with Crippen molar-refractivity contribution in [2.45, 2.75) is 45.6 Å². The Morgan fingerprint density at radius 2 is 2.19 bits per heavy atom. The Kier molecular flexibility index (Phi) is 5.02. The largest absolute Gasteiger partial charge is 0.546 e. The zero-order valence-electron chi connectivity index (χ0n) is 10.1. The molecule has 90 valence electrons. The van der Waals surface area contributed by atoms with Gasteiger partial charge in [-0.15, -0.1) is 0 Å². The van der Waals surface area contributed by atoms with Crippen LogP contribution in [0, 0.1) is 0 Å². The molecule has 0 aromatic carbocycles. The van der Waals surface area contributed by atoms with Gasteiger partial charge in [-0.1, -0.05) is 26.2 Å². The minimum Gasteiger partial charge on any atom is -0.546 e. The van der Waals surface area contributed by atoms with Crippen LogP contribution < -0.4 is 9.67 Å². The molecule has 0 amide bonds. The molecule has 0 unspecified atom stereocenters. The monoisotopic (exact) mass is 224 g/mol. The van der Waals surface area contributed by atoms with Gasteiger partial charge in [-0.05, 0) is 6.42 Å². The van der Waals surface area contributed by atoms with Crippen molar-refractivity contribution in [2.75, 3.05) is 0 Å². The maximum Gasteiger partial charge on any atom is 0.256 e. The van der Waals surface area contributed by atoms with Crippen molar-refractivity contribution >= 4 is 5.97 Å². The Morgan fingerprint density at radius 1 is 1.44 bits per heavy atom. The van der Waals surface area contributed by atoms with Crippen molar-refractivity contribution in [3.8, 4) is 0 Å². The molecule has 4 nitrogen and oxygen atoms in total. The first-order chi connectivity index (χ1) is 7.65. The van der Waals surface area contributed by atoms with E-state index in [4.69, 9.17) is 0 Å². The van der Waals surface area contributed by atoms with Crippen molar-refractivity contribution in [1.29, 1.82) is 0 Å². The number of imidazole rings is 1. The number of carbonyl (C=O) groups is 1. The standard InChI is InChI=1S/C12H20N2O2/c1-3-4-5-6-7-11-13(2)8-9-14(11)10-12(15)16/h8-9H,3-7,10H2,1-2H3. The maximum atomic E-state index is 10.6. The summed E-state index contributed by atoms with van der Waals surface area (Å²) in [5.41, 5.74) is 0. The fourth-order valence-electron chi connectivity index (χ4n) is 1.87. The lowest BCUT2D eigenvalue weighted by molar-refractivity contribution is -0.678. The van der Waals surface area contributed by atoms with E-state index in [0.29, 0.717) is 0 Å². The van der Waals surface area contributed by atoms with E-state index in [1.165, 1.54) is 19.3 Å². The number of carbonyl (C=O) groups excluding carboxylic acids is 1. The van der Waals surface area contributed by atoms with Crippen LogP contribution in [0.3, 0.4) is 0 Å². The molecule has 0 radical (unpaired) electrons. The lowest BCUT2D eigenvalue weighted by Crippen LogP contribution is -2.34. The van der Waals surface area contributed by atoms with E-state index >= 15 is 0 Å². The number of nitrogens with zero attached hydrogens (tertiary/aromatic N) is 2. The second kappa shape index (κ2) is 6.30. The number of carboxylic acids is 1. The Morgan fingerprint density at radius 3 is 2.81 bits per heavy atom. The number of aryl methyl sites for hydroxylation is 1. The van der Waals surface area contributed by atoms with Gasteiger partial charge in [0.25, 0.3) is 5.82 Å². The summed E-state index contributed by atoms with van der Waals surface area (Å²) in [6.07, 6.45) is 9.38. The number of hydrogen-bond donors (Lipinski definition) is 0. The van der Waals surface area contributed by atoms with E-state index < -0.39 is 5.97 Å². The fraction of sp³-hybridized carbons (Fsp3) is 0.667. The van der Waals surface area contributed by atoms with Gasteiger partial charge in [0.2, 0.25) is 0 Å². The number of hydrogen-bond acceptors (Lipinski definition) is 2. The van der Waals surface area contributed by atoms with Crippen LogP contribution in [0.4, 0.5) is 0 Å². The molecule has 0 fully saturated rings. The quantitative estimate of drug-likeness (QED) is 0.490.